The smallest absolute Gasteiger partial charge is 0.225 e. The van der Waals surface area contributed by atoms with E-state index in [9.17, 15) is 4.79 Å². The van der Waals surface area contributed by atoms with Gasteiger partial charge in [-0.2, -0.15) is 0 Å². The van der Waals surface area contributed by atoms with Gasteiger partial charge in [-0.15, -0.1) is 0 Å². The molecule has 0 aromatic rings. The fourth-order valence-electron chi connectivity index (χ4n) is 1.23. The molecular weight excluding hydrogens is 142 g/mol. The Bertz CT molecular complexity index is 150. The van der Waals surface area contributed by atoms with Gasteiger partial charge in [0, 0.05) is 31.5 Å². The van der Waals surface area contributed by atoms with Gasteiger partial charge in [0.1, 0.15) is 0 Å². The highest BCUT2D eigenvalue weighted by Gasteiger charge is 2.30. The number of rotatable bonds is 2. The Morgan fingerprint density at radius 1 is 1.64 bits per heavy atom. The van der Waals surface area contributed by atoms with Crippen molar-refractivity contribution in [3.8, 4) is 0 Å². The molecular formula is C8H15NO2. The number of likely N-dealkylation sites (tertiary alicyclic amines) is 1. The van der Waals surface area contributed by atoms with E-state index in [0.29, 0.717) is 5.92 Å². The van der Waals surface area contributed by atoms with E-state index in [4.69, 9.17) is 5.11 Å². The van der Waals surface area contributed by atoms with E-state index >= 15 is 0 Å². The molecule has 0 aromatic carbocycles. The summed E-state index contributed by atoms with van der Waals surface area (Å²) in [5.74, 6) is 0.627. The molecule has 1 amide bonds. The standard InChI is InChI=1S/C8H15NO2/c1-6(2)8(11)9-3-7(4-9)5-10/h6-7,10H,3-5H2,1-2H3. The van der Waals surface area contributed by atoms with Crippen molar-refractivity contribution in [3.63, 3.8) is 0 Å². The highest BCUT2D eigenvalue weighted by atomic mass is 16.3. The first-order valence-electron chi connectivity index (χ1n) is 4.04. The molecule has 0 saturated carbocycles. The predicted octanol–water partition coefficient (Wildman–Crippen LogP) is 0.0931. The lowest BCUT2D eigenvalue weighted by atomic mass is 9.99. The maximum atomic E-state index is 11.2. The van der Waals surface area contributed by atoms with E-state index in [0.717, 1.165) is 13.1 Å². The van der Waals surface area contributed by atoms with Crippen LogP contribution in [-0.4, -0.2) is 35.6 Å². The van der Waals surface area contributed by atoms with Crippen LogP contribution >= 0.6 is 0 Å². The van der Waals surface area contributed by atoms with Gasteiger partial charge in [-0.05, 0) is 0 Å². The van der Waals surface area contributed by atoms with E-state index in [1.165, 1.54) is 0 Å². The zero-order valence-corrected chi connectivity index (χ0v) is 7.08. The lowest BCUT2D eigenvalue weighted by Crippen LogP contribution is -2.52. The summed E-state index contributed by atoms with van der Waals surface area (Å²) < 4.78 is 0. The van der Waals surface area contributed by atoms with Gasteiger partial charge in [-0.25, -0.2) is 0 Å². The number of aliphatic hydroxyl groups is 1. The maximum Gasteiger partial charge on any atom is 0.225 e. The second kappa shape index (κ2) is 3.22. The number of hydrogen-bond donors (Lipinski definition) is 1. The molecule has 11 heavy (non-hydrogen) atoms. The summed E-state index contributed by atoms with van der Waals surface area (Å²) in [7, 11) is 0. The van der Waals surface area contributed by atoms with Gasteiger partial charge in [0.15, 0.2) is 0 Å². The van der Waals surface area contributed by atoms with Crippen LogP contribution < -0.4 is 0 Å². The van der Waals surface area contributed by atoms with E-state index in [-0.39, 0.29) is 18.4 Å². The third-order valence-electron chi connectivity index (χ3n) is 2.02. The van der Waals surface area contributed by atoms with Crippen LogP contribution in [0.1, 0.15) is 13.8 Å². The van der Waals surface area contributed by atoms with Gasteiger partial charge in [-0.1, -0.05) is 13.8 Å². The molecule has 1 fully saturated rings. The first-order chi connectivity index (χ1) is 5.15. The molecule has 3 nitrogen and oxygen atoms in total. The summed E-state index contributed by atoms with van der Waals surface area (Å²) in [5.41, 5.74) is 0. The number of carbonyl (C=O) groups is 1. The van der Waals surface area contributed by atoms with Gasteiger partial charge in [0.2, 0.25) is 5.91 Å². The number of aliphatic hydroxyl groups excluding tert-OH is 1. The third-order valence-corrected chi connectivity index (χ3v) is 2.02. The second-order valence-electron chi connectivity index (χ2n) is 3.45. The van der Waals surface area contributed by atoms with E-state index in [1.54, 1.807) is 4.90 Å². The molecule has 0 spiro atoms. The summed E-state index contributed by atoms with van der Waals surface area (Å²) in [5, 5.41) is 8.69. The Balaban J connectivity index is 2.27. The van der Waals surface area contributed by atoms with Gasteiger partial charge in [0.05, 0.1) is 0 Å². The minimum Gasteiger partial charge on any atom is -0.396 e. The average molecular weight is 157 g/mol. The van der Waals surface area contributed by atoms with E-state index < -0.39 is 0 Å². The van der Waals surface area contributed by atoms with E-state index in [2.05, 4.69) is 0 Å². The highest BCUT2D eigenvalue weighted by Crippen LogP contribution is 2.16. The number of carbonyl (C=O) groups excluding carboxylic acids is 1. The first-order valence-corrected chi connectivity index (χ1v) is 4.04. The topological polar surface area (TPSA) is 40.5 Å². The number of nitrogens with zero attached hydrogens (tertiary/aromatic N) is 1. The summed E-state index contributed by atoms with van der Waals surface area (Å²) in [6, 6.07) is 0. The Morgan fingerprint density at radius 3 is 2.55 bits per heavy atom. The van der Waals surface area contributed by atoms with Crippen LogP contribution in [0.5, 0.6) is 0 Å². The molecule has 1 aliphatic heterocycles. The normalized spacial score (nSPS) is 18.7. The Labute approximate surface area is 67.0 Å². The molecule has 64 valence electrons. The molecule has 0 bridgehead atoms. The summed E-state index contributed by atoms with van der Waals surface area (Å²) >= 11 is 0. The zero-order chi connectivity index (χ0) is 8.43. The van der Waals surface area contributed by atoms with Crippen molar-refractivity contribution in [2.45, 2.75) is 13.8 Å². The molecule has 0 radical (unpaired) electrons. The van der Waals surface area contributed by atoms with Crippen molar-refractivity contribution in [2.24, 2.45) is 11.8 Å². The SMILES string of the molecule is CC(C)C(=O)N1CC(CO)C1. The Morgan fingerprint density at radius 2 is 2.18 bits per heavy atom. The fourth-order valence-corrected chi connectivity index (χ4v) is 1.23. The van der Waals surface area contributed by atoms with Crippen LogP contribution in [0.15, 0.2) is 0 Å². The van der Waals surface area contributed by atoms with E-state index in [1.807, 2.05) is 13.8 Å². The quantitative estimate of drug-likeness (QED) is 0.617. The van der Waals surface area contributed by atoms with Crippen molar-refractivity contribution in [1.29, 1.82) is 0 Å². The van der Waals surface area contributed by atoms with Crippen LogP contribution in [-0.2, 0) is 4.79 Å². The van der Waals surface area contributed by atoms with Crippen LogP contribution in [0.25, 0.3) is 0 Å². The fraction of sp³-hybridized carbons (Fsp3) is 0.875. The van der Waals surface area contributed by atoms with Crippen LogP contribution in [0.4, 0.5) is 0 Å². The van der Waals surface area contributed by atoms with Crippen LogP contribution in [0.2, 0.25) is 0 Å². The molecule has 0 aliphatic carbocycles. The summed E-state index contributed by atoms with van der Waals surface area (Å²) in [4.78, 5) is 13.0. The summed E-state index contributed by atoms with van der Waals surface area (Å²) in [6.07, 6.45) is 0. The predicted molar refractivity (Wildman–Crippen MR) is 42.0 cm³/mol. The number of amides is 1. The minimum atomic E-state index is 0.0923. The molecule has 0 aromatic heterocycles. The van der Waals surface area contributed by atoms with Gasteiger partial charge in [-0.3, -0.25) is 4.79 Å². The molecule has 1 N–H and O–H groups in total. The monoisotopic (exact) mass is 157 g/mol. The lowest BCUT2D eigenvalue weighted by molar-refractivity contribution is -0.141. The number of hydrogen-bond acceptors (Lipinski definition) is 2. The van der Waals surface area contributed by atoms with Gasteiger partial charge >= 0.3 is 0 Å². The second-order valence-corrected chi connectivity index (χ2v) is 3.45. The average Bonchev–Trinajstić information content (AvgIpc) is 1.85. The minimum absolute atomic E-state index is 0.0923. The van der Waals surface area contributed by atoms with Crippen molar-refractivity contribution in [1.82, 2.24) is 4.90 Å². The molecule has 1 aliphatic rings. The largest absolute Gasteiger partial charge is 0.396 e. The Kier molecular flexibility index (Phi) is 2.49. The maximum absolute atomic E-state index is 11.2. The molecule has 3 heteroatoms. The van der Waals surface area contributed by atoms with Crippen molar-refractivity contribution in [2.75, 3.05) is 19.7 Å². The van der Waals surface area contributed by atoms with Crippen molar-refractivity contribution < 1.29 is 9.90 Å². The molecule has 1 saturated heterocycles. The van der Waals surface area contributed by atoms with Gasteiger partial charge in [0.25, 0.3) is 0 Å². The molecule has 1 rings (SSSR count). The van der Waals surface area contributed by atoms with Crippen molar-refractivity contribution >= 4 is 5.91 Å². The van der Waals surface area contributed by atoms with Crippen LogP contribution in [0, 0.1) is 11.8 Å². The Hall–Kier alpha value is -0.570. The van der Waals surface area contributed by atoms with Gasteiger partial charge < -0.3 is 10.0 Å². The molecule has 0 unspecified atom stereocenters. The van der Waals surface area contributed by atoms with Crippen molar-refractivity contribution in [3.05, 3.63) is 0 Å². The highest BCUT2D eigenvalue weighted by molar-refractivity contribution is 5.78. The third kappa shape index (κ3) is 1.71. The van der Waals surface area contributed by atoms with Crippen LogP contribution in [0.3, 0.4) is 0 Å². The lowest BCUT2D eigenvalue weighted by Gasteiger charge is -2.39. The summed E-state index contributed by atoms with van der Waals surface area (Å²) in [6.45, 7) is 5.49. The first kappa shape index (κ1) is 8.53. The molecule has 0 atom stereocenters. The zero-order valence-electron chi connectivity index (χ0n) is 7.08. The molecule has 1 heterocycles.